The number of halogens is 1. The Labute approximate surface area is 173 Å². The van der Waals surface area contributed by atoms with Crippen molar-refractivity contribution >= 4 is 29.9 Å². The van der Waals surface area contributed by atoms with Crippen LogP contribution in [-0.4, -0.2) is 26.7 Å². The average molecular weight is 469 g/mol. The van der Waals surface area contributed by atoms with E-state index in [0.29, 0.717) is 6.54 Å². The summed E-state index contributed by atoms with van der Waals surface area (Å²) in [6.45, 7) is 5.49. The first kappa shape index (κ1) is 22.1. The standard InChI is InChI=1S/C20H27N3O2.HI/c1-5-21-20(23-15(2)16-9-7-6-8-10-16)22-14-17-11-12-18(24-3)13-19(17)25-4;/h6-13,15H,5,14H2,1-4H3,(H2,21,22,23);1H. The third-order valence-electron chi connectivity index (χ3n) is 3.90. The zero-order valence-corrected chi connectivity index (χ0v) is 18.1. The van der Waals surface area contributed by atoms with E-state index in [1.807, 2.05) is 36.4 Å². The zero-order valence-electron chi connectivity index (χ0n) is 15.8. The van der Waals surface area contributed by atoms with Gasteiger partial charge < -0.3 is 20.1 Å². The molecular weight excluding hydrogens is 441 g/mol. The van der Waals surface area contributed by atoms with Gasteiger partial charge in [0, 0.05) is 18.2 Å². The molecule has 0 aliphatic carbocycles. The van der Waals surface area contributed by atoms with E-state index in [-0.39, 0.29) is 30.0 Å². The summed E-state index contributed by atoms with van der Waals surface area (Å²) < 4.78 is 10.7. The smallest absolute Gasteiger partial charge is 0.192 e. The monoisotopic (exact) mass is 469 g/mol. The van der Waals surface area contributed by atoms with E-state index in [1.54, 1.807) is 14.2 Å². The normalized spacial score (nSPS) is 11.9. The van der Waals surface area contributed by atoms with E-state index in [1.165, 1.54) is 5.56 Å². The lowest BCUT2D eigenvalue weighted by Gasteiger charge is -2.18. The molecule has 0 fully saturated rings. The van der Waals surface area contributed by atoms with Crippen LogP contribution in [0, 0.1) is 0 Å². The van der Waals surface area contributed by atoms with Crippen LogP contribution in [0.15, 0.2) is 53.5 Å². The minimum Gasteiger partial charge on any atom is -0.497 e. The van der Waals surface area contributed by atoms with Crippen molar-refractivity contribution in [1.29, 1.82) is 0 Å². The molecule has 0 aliphatic heterocycles. The molecule has 0 heterocycles. The second kappa shape index (κ2) is 11.6. The van der Waals surface area contributed by atoms with Crippen molar-refractivity contribution in [3.8, 4) is 11.5 Å². The fourth-order valence-corrected chi connectivity index (χ4v) is 2.50. The third-order valence-corrected chi connectivity index (χ3v) is 3.90. The summed E-state index contributed by atoms with van der Waals surface area (Å²) in [7, 11) is 3.30. The number of rotatable bonds is 7. The number of aliphatic imine (C=N–C) groups is 1. The third kappa shape index (κ3) is 6.40. The number of nitrogens with zero attached hydrogens (tertiary/aromatic N) is 1. The maximum atomic E-state index is 5.44. The van der Waals surface area contributed by atoms with Crippen LogP contribution in [0.5, 0.6) is 11.5 Å². The Kier molecular flexibility index (Phi) is 9.87. The number of hydrogen-bond donors (Lipinski definition) is 2. The maximum Gasteiger partial charge on any atom is 0.192 e. The van der Waals surface area contributed by atoms with Gasteiger partial charge in [-0.1, -0.05) is 30.3 Å². The van der Waals surface area contributed by atoms with Gasteiger partial charge in [0.1, 0.15) is 11.5 Å². The fraction of sp³-hybridized carbons (Fsp3) is 0.350. The Morgan fingerprint density at radius 2 is 1.81 bits per heavy atom. The van der Waals surface area contributed by atoms with Crippen molar-refractivity contribution in [2.45, 2.75) is 26.4 Å². The van der Waals surface area contributed by atoms with E-state index < -0.39 is 0 Å². The summed E-state index contributed by atoms with van der Waals surface area (Å²) in [6.07, 6.45) is 0. The number of nitrogens with one attached hydrogen (secondary N) is 2. The van der Waals surface area contributed by atoms with Crippen LogP contribution in [0.1, 0.15) is 31.0 Å². The molecule has 26 heavy (non-hydrogen) atoms. The highest BCUT2D eigenvalue weighted by atomic mass is 127. The van der Waals surface area contributed by atoms with Crippen molar-refractivity contribution in [3.63, 3.8) is 0 Å². The molecule has 6 heteroatoms. The number of hydrogen-bond acceptors (Lipinski definition) is 3. The SMILES string of the molecule is CCNC(=NCc1ccc(OC)cc1OC)NC(C)c1ccccc1.I. The zero-order chi connectivity index (χ0) is 18.1. The maximum absolute atomic E-state index is 5.44. The largest absolute Gasteiger partial charge is 0.497 e. The Hall–Kier alpha value is -1.96. The summed E-state index contributed by atoms with van der Waals surface area (Å²) in [5.74, 6) is 2.32. The van der Waals surface area contributed by atoms with Gasteiger partial charge in [-0.25, -0.2) is 4.99 Å². The van der Waals surface area contributed by atoms with Crippen LogP contribution >= 0.6 is 24.0 Å². The molecular formula is C20H28IN3O2. The van der Waals surface area contributed by atoms with Crippen LogP contribution < -0.4 is 20.1 Å². The molecule has 2 aromatic rings. The molecule has 0 amide bonds. The van der Waals surface area contributed by atoms with Gasteiger partial charge in [0.2, 0.25) is 0 Å². The summed E-state index contributed by atoms with van der Waals surface area (Å²) in [6, 6.07) is 16.2. The molecule has 0 aromatic heterocycles. The molecule has 0 radical (unpaired) electrons. The molecule has 0 aliphatic rings. The van der Waals surface area contributed by atoms with Crippen LogP contribution in [0.3, 0.4) is 0 Å². The van der Waals surface area contributed by atoms with Crippen LogP contribution in [-0.2, 0) is 6.54 Å². The lowest BCUT2D eigenvalue weighted by Crippen LogP contribution is -2.38. The Balaban J connectivity index is 0.00000338. The molecule has 2 N–H and O–H groups in total. The number of guanidine groups is 1. The average Bonchev–Trinajstić information content (AvgIpc) is 2.66. The highest BCUT2D eigenvalue weighted by Gasteiger charge is 2.08. The molecule has 0 bridgehead atoms. The molecule has 1 atom stereocenters. The molecule has 0 saturated carbocycles. The van der Waals surface area contributed by atoms with Crippen molar-refractivity contribution in [2.24, 2.45) is 4.99 Å². The molecule has 142 valence electrons. The molecule has 0 saturated heterocycles. The second-order valence-corrected chi connectivity index (χ2v) is 5.65. The van der Waals surface area contributed by atoms with Crippen molar-refractivity contribution in [3.05, 3.63) is 59.7 Å². The highest BCUT2D eigenvalue weighted by Crippen LogP contribution is 2.25. The first-order valence-electron chi connectivity index (χ1n) is 8.48. The minimum atomic E-state index is 0. The van der Waals surface area contributed by atoms with Gasteiger partial charge >= 0.3 is 0 Å². The van der Waals surface area contributed by atoms with Crippen LogP contribution in [0.2, 0.25) is 0 Å². The van der Waals surface area contributed by atoms with Gasteiger partial charge in [0.05, 0.1) is 26.8 Å². The van der Waals surface area contributed by atoms with Gasteiger partial charge in [0.15, 0.2) is 5.96 Å². The Bertz CT molecular complexity index is 693. The number of methoxy groups -OCH3 is 2. The van der Waals surface area contributed by atoms with Gasteiger partial charge in [-0.2, -0.15) is 0 Å². The molecule has 1 unspecified atom stereocenters. The molecule has 2 aromatic carbocycles. The topological polar surface area (TPSA) is 54.9 Å². The summed E-state index contributed by atoms with van der Waals surface area (Å²) in [4.78, 5) is 4.69. The first-order chi connectivity index (χ1) is 12.2. The quantitative estimate of drug-likeness (QED) is 0.364. The predicted molar refractivity (Wildman–Crippen MR) is 118 cm³/mol. The van der Waals surface area contributed by atoms with Gasteiger partial charge in [-0.15, -0.1) is 24.0 Å². The van der Waals surface area contributed by atoms with Gasteiger partial charge in [0.25, 0.3) is 0 Å². The summed E-state index contributed by atoms with van der Waals surface area (Å²) in [5, 5.41) is 6.72. The van der Waals surface area contributed by atoms with Crippen molar-refractivity contribution in [1.82, 2.24) is 10.6 Å². The Morgan fingerprint density at radius 3 is 2.42 bits per heavy atom. The van der Waals surface area contributed by atoms with Crippen molar-refractivity contribution < 1.29 is 9.47 Å². The number of benzene rings is 2. The summed E-state index contributed by atoms with van der Waals surface area (Å²) in [5.41, 5.74) is 2.22. The van der Waals surface area contributed by atoms with Crippen LogP contribution in [0.25, 0.3) is 0 Å². The van der Waals surface area contributed by atoms with E-state index in [9.17, 15) is 0 Å². The van der Waals surface area contributed by atoms with Crippen LogP contribution in [0.4, 0.5) is 0 Å². The van der Waals surface area contributed by atoms with Crippen molar-refractivity contribution in [2.75, 3.05) is 20.8 Å². The molecule has 0 spiro atoms. The van der Waals surface area contributed by atoms with E-state index >= 15 is 0 Å². The summed E-state index contributed by atoms with van der Waals surface area (Å²) >= 11 is 0. The lowest BCUT2D eigenvalue weighted by molar-refractivity contribution is 0.391. The highest BCUT2D eigenvalue weighted by molar-refractivity contribution is 14.0. The second-order valence-electron chi connectivity index (χ2n) is 5.65. The van der Waals surface area contributed by atoms with Gasteiger partial charge in [-0.05, 0) is 31.5 Å². The van der Waals surface area contributed by atoms with Gasteiger partial charge in [-0.3, -0.25) is 0 Å². The van der Waals surface area contributed by atoms with E-state index in [0.717, 1.165) is 29.6 Å². The Morgan fingerprint density at radius 1 is 1.08 bits per heavy atom. The first-order valence-corrected chi connectivity index (χ1v) is 8.48. The molecule has 5 nitrogen and oxygen atoms in total. The minimum absolute atomic E-state index is 0. The predicted octanol–water partition coefficient (Wildman–Crippen LogP) is 4.14. The molecule has 2 rings (SSSR count). The fourth-order valence-electron chi connectivity index (χ4n) is 2.50. The lowest BCUT2D eigenvalue weighted by atomic mass is 10.1. The van der Waals surface area contributed by atoms with E-state index in [2.05, 4.69) is 41.6 Å². The number of ether oxygens (including phenoxy) is 2. The van der Waals surface area contributed by atoms with E-state index in [4.69, 9.17) is 9.47 Å².